The van der Waals surface area contributed by atoms with Gasteiger partial charge in [0.15, 0.2) is 0 Å². The summed E-state index contributed by atoms with van der Waals surface area (Å²) >= 11 is 0. The van der Waals surface area contributed by atoms with Gasteiger partial charge in [-0.2, -0.15) is 0 Å². The fourth-order valence-corrected chi connectivity index (χ4v) is 3.91. The minimum absolute atomic E-state index is 0.135. The van der Waals surface area contributed by atoms with Crippen molar-refractivity contribution < 1.29 is 4.79 Å². The van der Waals surface area contributed by atoms with Gasteiger partial charge in [-0.05, 0) is 24.6 Å². The van der Waals surface area contributed by atoms with Gasteiger partial charge in [-0.3, -0.25) is 9.69 Å². The first kappa shape index (κ1) is 16.9. The van der Waals surface area contributed by atoms with E-state index in [-0.39, 0.29) is 5.91 Å². The van der Waals surface area contributed by atoms with Gasteiger partial charge in [0.25, 0.3) is 5.91 Å². The molecule has 1 aromatic heterocycles. The van der Waals surface area contributed by atoms with Crippen LogP contribution in [0, 0.1) is 0 Å². The summed E-state index contributed by atoms with van der Waals surface area (Å²) < 4.78 is 2.01. The summed E-state index contributed by atoms with van der Waals surface area (Å²) in [5.41, 5.74) is 3.21. The van der Waals surface area contributed by atoms with Gasteiger partial charge >= 0.3 is 0 Å². The monoisotopic (exact) mass is 347 g/mol. The second-order valence-electron chi connectivity index (χ2n) is 7.06. The molecule has 1 atom stereocenters. The molecule has 3 aromatic rings. The molecular formula is C22H25N3O. The van der Waals surface area contributed by atoms with Gasteiger partial charge in [0, 0.05) is 50.2 Å². The number of hydrogen-bond acceptors (Lipinski definition) is 2. The van der Waals surface area contributed by atoms with Crippen LogP contribution in [-0.2, 0) is 7.05 Å². The van der Waals surface area contributed by atoms with Crippen molar-refractivity contribution in [2.75, 3.05) is 26.2 Å². The van der Waals surface area contributed by atoms with E-state index in [0.717, 1.165) is 42.8 Å². The second kappa shape index (κ2) is 6.96. The Morgan fingerprint density at radius 1 is 0.923 bits per heavy atom. The molecular weight excluding hydrogens is 322 g/mol. The number of carbonyl (C=O) groups is 1. The van der Waals surface area contributed by atoms with Gasteiger partial charge in [-0.25, -0.2) is 0 Å². The Labute approximate surface area is 154 Å². The predicted molar refractivity (Wildman–Crippen MR) is 105 cm³/mol. The zero-order valence-electron chi connectivity index (χ0n) is 15.4. The molecule has 1 amide bonds. The molecule has 26 heavy (non-hydrogen) atoms. The molecule has 0 radical (unpaired) electrons. The smallest absolute Gasteiger partial charge is 0.270 e. The maximum atomic E-state index is 13.0. The van der Waals surface area contributed by atoms with Gasteiger partial charge in [0.1, 0.15) is 5.69 Å². The van der Waals surface area contributed by atoms with Crippen molar-refractivity contribution in [1.29, 1.82) is 0 Å². The summed E-state index contributed by atoms with van der Waals surface area (Å²) in [6.07, 6.45) is 0. The summed E-state index contributed by atoms with van der Waals surface area (Å²) in [6, 6.07) is 21.1. The molecule has 1 saturated heterocycles. The molecule has 1 aliphatic heterocycles. The van der Waals surface area contributed by atoms with Crippen molar-refractivity contribution in [2.45, 2.75) is 13.0 Å². The van der Waals surface area contributed by atoms with Crippen molar-refractivity contribution in [2.24, 2.45) is 7.05 Å². The van der Waals surface area contributed by atoms with Crippen LogP contribution in [0.4, 0.5) is 0 Å². The van der Waals surface area contributed by atoms with E-state index in [2.05, 4.69) is 54.3 Å². The van der Waals surface area contributed by atoms with E-state index in [0.29, 0.717) is 6.04 Å². The van der Waals surface area contributed by atoms with E-state index in [1.54, 1.807) is 0 Å². The van der Waals surface area contributed by atoms with Crippen LogP contribution in [0.15, 0.2) is 60.7 Å². The average molecular weight is 347 g/mol. The van der Waals surface area contributed by atoms with Crippen LogP contribution >= 0.6 is 0 Å². The molecule has 0 bridgehead atoms. The fourth-order valence-electron chi connectivity index (χ4n) is 3.91. The summed E-state index contributed by atoms with van der Waals surface area (Å²) in [5.74, 6) is 0.135. The first-order valence-electron chi connectivity index (χ1n) is 9.28. The summed E-state index contributed by atoms with van der Waals surface area (Å²) in [4.78, 5) is 17.5. The first-order chi connectivity index (χ1) is 12.6. The van der Waals surface area contributed by atoms with Crippen molar-refractivity contribution in [1.82, 2.24) is 14.4 Å². The Balaban J connectivity index is 1.46. The molecule has 2 heterocycles. The third-order valence-corrected chi connectivity index (χ3v) is 5.60. The van der Waals surface area contributed by atoms with E-state index >= 15 is 0 Å². The highest BCUT2D eigenvalue weighted by Gasteiger charge is 2.26. The standard InChI is InChI=1S/C22H25N3O/c1-17(18-8-4-3-5-9-18)24-12-14-25(15-13-24)22(26)21-16-19-10-6-7-11-20(19)23(21)2/h3-11,16-17H,12-15H2,1-2H3. The Bertz CT molecular complexity index is 908. The third kappa shape index (κ3) is 3.01. The van der Waals surface area contributed by atoms with E-state index in [4.69, 9.17) is 0 Å². The quantitative estimate of drug-likeness (QED) is 0.723. The zero-order valence-corrected chi connectivity index (χ0v) is 15.4. The van der Waals surface area contributed by atoms with Crippen molar-refractivity contribution in [3.05, 3.63) is 71.9 Å². The van der Waals surface area contributed by atoms with E-state index in [9.17, 15) is 4.79 Å². The van der Waals surface area contributed by atoms with Crippen LogP contribution in [0.2, 0.25) is 0 Å². The Morgan fingerprint density at radius 3 is 2.27 bits per heavy atom. The van der Waals surface area contributed by atoms with Crippen LogP contribution < -0.4 is 0 Å². The number of aryl methyl sites for hydroxylation is 1. The highest BCUT2D eigenvalue weighted by Crippen LogP contribution is 2.23. The lowest BCUT2D eigenvalue weighted by atomic mass is 10.1. The van der Waals surface area contributed by atoms with Gasteiger partial charge in [-0.15, -0.1) is 0 Å². The second-order valence-corrected chi connectivity index (χ2v) is 7.06. The van der Waals surface area contributed by atoms with Gasteiger partial charge in [0.2, 0.25) is 0 Å². The Morgan fingerprint density at radius 2 is 1.58 bits per heavy atom. The van der Waals surface area contributed by atoms with Gasteiger partial charge in [0.05, 0.1) is 0 Å². The lowest BCUT2D eigenvalue weighted by Crippen LogP contribution is -2.49. The third-order valence-electron chi connectivity index (χ3n) is 5.60. The number of amides is 1. The zero-order chi connectivity index (χ0) is 18.1. The van der Waals surface area contributed by atoms with Crippen LogP contribution in [0.3, 0.4) is 0 Å². The maximum absolute atomic E-state index is 13.0. The lowest BCUT2D eigenvalue weighted by Gasteiger charge is -2.38. The molecule has 0 N–H and O–H groups in total. The highest BCUT2D eigenvalue weighted by molar-refractivity contribution is 5.98. The molecule has 4 nitrogen and oxygen atoms in total. The van der Waals surface area contributed by atoms with E-state index in [1.165, 1.54) is 5.56 Å². The normalized spacial score (nSPS) is 16.8. The van der Waals surface area contributed by atoms with Crippen molar-refractivity contribution in [3.8, 4) is 0 Å². The minimum atomic E-state index is 0.135. The van der Waals surface area contributed by atoms with Crippen molar-refractivity contribution in [3.63, 3.8) is 0 Å². The first-order valence-corrected chi connectivity index (χ1v) is 9.28. The lowest BCUT2D eigenvalue weighted by molar-refractivity contribution is 0.0574. The largest absolute Gasteiger partial charge is 0.340 e. The maximum Gasteiger partial charge on any atom is 0.270 e. The summed E-state index contributed by atoms with van der Waals surface area (Å²) in [6.45, 7) is 5.61. The topological polar surface area (TPSA) is 28.5 Å². The molecule has 0 aliphatic carbocycles. The number of fused-ring (bicyclic) bond motifs is 1. The fraction of sp³-hybridized carbons (Fsp3) is 0.318. The molecule has 0 saturated carbocycles. The highest BCUT2D eigenvalue weighted by atomic mass is 16.2. The minimum Gasteiger partial charge on any atom is -0.340 e. The van der Waals surface area contributed by atoms with E-state index in [1.807, 2.05) is 34.7 Å². The Hall–Kier alpha value is -2.59. The molecule has 4 heteroatoms. The van der Waals surface area contributed by atoms with Crippen LogP contribution in [0.1, 0.15) is 29.0 Å². The molecule has 1 aliphatic rings. The van der Waals surface area contributed by atoms with Gasteiger partial charge in [-0.1, -0.05) is 48.5 Å². The molecule has 134 valence electrons. The number of rotatable bonds is 3. The van der Waals surface area contributed by atoms with Crippen LogP contribution in [-0.4, -0.2) is 46.5 Å². The number of carbonyl (C=O) groups excluding carboxylic acids is 1. The Kier molecular flexibility index (Phi) is 4.51. The number of aromatic nitrogens is 1. The van der Waals surface area contributed by atoms with Crippen LogP contribution in [0.5, 0.6) is 0 Å². The number of piperazine rings is 1. The van der Waals surface area contributed by atoms with Crippen molar-refractivity contribution >= 4 is 16.8 Å². The molecule has 0 spiro atoms. The summed E-state index contributed by atoms with van der Waals surface area (Å²) in [5, 5.41) is 1.12. The number of nitrogens with zero attached hydrogens (tertiary/aromatic N) is 3. The van der Waals surface area contributed by atoms with Gasteiger partial charge < -0.3 is 9.47 Å². The van der Waals surface area contributed by atoms with E-state index < -0.39 is 0 Å². The molecule has 1 fully saturated rings. The molecule has 4 rings (SSSR count). The summed E-state index contributed by atoms with van der Waals surface area (Å²) in [7, 11) is 1.98. The number of hydrogen-bond donors (Lipinski definition) is 0. The molecule has 2 aromatic carbocycles. The average Bonchev–Trinajstić information content (AvgIpc) is 3.04. The number of benzene rings is 2. The molecule has 1 unspecified atom stereocenters. The number of para-hydroxylation sites is 1. The van der Waals surface area contributed by atoms with Crippen LogP contribution in [0.25, 0.3) is 10.9 Å². The predicted octanol–water partition coefficient (Wildman–Crippen LogP) is 3.70. The SMILES string of the molecule is CC(c1ccccc1)N1CCN(C(=O)c2cc3ccccc3n2C)CC1.